The van der Waals surface area contributed by atoms with Crippen molar-refractivity contribution in [1.29, 1.82) is 0 Å². The number of Topliss-reactive ketones (excluding diaryl/α,β-unsaturated/α-hetero) is 1. The first-order chi connectivity index (χ1) is 19.6. The predicted molar refractivity (Wildman–Crippen MR) is 159 cm³/mol. The smallest absolute Gasteiger partial charge is 0.309 e. The summed E-state index contributed by atoms with van der Waals surface area (Å²) >= 11 is 0. The Balaban J connectivity index is 1.86. The van der Waals surface area contributed by atoms with Crippen LogP contribution in [0.4, 0.5) is 0 Å². The molecule has 0 spiro atoms. The molecule has 226 valence electrons. The van der Waals surface area contributed by atoms with E-state index < -0.39 is 46.9 Å². The first-order valence-corrected chi connectivity index (χ1v) is 14.3. The van der Waals surface area contributed by atoms with Crippen LogP contribution < -0.4 is 0 Å². The lowest BCUT2D eigenvalue weighted by molar-refractivity contribution is -0.161. The Morgan fingerprint density at radius 3 is 2.29 bits per heavy atom. The van der Waals surface area contributed by atoms with Gasteiger partial charge in [0, 0.05) is 17.9 Å². The fourth-order valence-corrected chi connectivity index (χ4v) is 5.47. The SMILES string of the molecule is COC(=O)[C@@H](CC(=O)[C@@H]1C[C@H](N=[N+]=[N-])CN1C(=O)[C@@H](CC(=O)OC(C)(C)C)C(C)(C)C)Cc1ccc2ccccc2c1. The number of hydrogen-bond acceptors (Lipinski definition) is 7. The van der Waals surface area contributed by atoms with Crippen molar-refractivity contribution in [3.8, 4) is 0 Å². The van der Waals surface area contributed by atoms with Gasteiger partial charge in [-0.05, 0) is 60.9 Å². The zero-order chi connectivity index (χ0) is 31.2. The Labute approximate surface area is 247 Å². The van der Waals surface area contributed by atoms with Crippen molar-refractivity contribution in [2.45, 2.75) is 84.9 Å². The number of benzene rings is 2. The molecule has 0 unspecified atom stereocenters. The van der Waals surface area contributed by atoms with Crippen LogP contribution in [-0.4, -0.2) is 59.9 Å². The van der Waals surface area contributed by atoms with Crippen LogP contribution >= 0.6 is 0 Å². The van der Waals surface area contributed by atoms with Crippen molar-refractivity contribution in [2.75, 3.05) is 13.7 Å². The van der Waals surface area contributed by atoms with Gasteiger partial charge in [0.2, 0.25) is 5.91 Å². The summed E-state index contributed by atoms with van der Waals surface area (Å²) in [5.41, 5.74) is 8.63. The second-order valence-electron chi connectivity index (χ2n) is 13.1. The molecular weight excluding hydrogens is 536 g/mol. The summed E-state index contributed by atoms with van der Waals surface area (Å²) in [6.45, 7) is 10.9. The normalized spacial score (nSPS) is 18.6. The fourth-order valence-electron chi connectivity index (χ4n) is 5.47. The maximum Gasteiger partial charge on any atom is 0.309 e. The summed E-state index contributed by atoms with van der Waals surface area (Å²) in [5.74, 6) is -3.27. The molecule has 3 rings (SSSR count). The third-order valence-corrected chi connectivity index (χ3v) is 7.56. The average Bonchev–Trinajstić information content (AvgIpc) is 3.33. The third kappa shape index (κ3) is 8.55. The summed E-state index contributed by atoms with van der Waals surface area (Å²) in [5, 5.41) is 5.89. The van der Waals surface area contributed by atoms with Crippen LogP contribution in [-0.2, 0) is 35.1 Å². The van der Waals surface area contributed by atoms with Gasteiger partial charge in [0.15, 0.2) is 5.78 Å². The zero-order valence-electron chi connectivity index (χ0n) is 25.6. The minimum absolute atomic E-state index is 0.0494. The van der Waals surface area contributed by atoms with Crippen LogP contribution in [0.5, 0.6) is 0 Å². The highest BCUT2D eigenvalue weighted by molar-refractivity contribution is 5.94. The number of ether oxygens (including phenoxy) is 2. The van der Waals surface area contributed by atoms with Crippen molar-refractivity contribution in [2.24, 2.45) is 22.4 Å². The quantitative estimate of drug-likeness (QED) is 0.151. The van der Waals surface area contributed by atoms with Crippen LogP contribution in [0.15, 0.2) is 47.6 Å². The van der Waals surface area contributed by atoms with Crippen LogP contribution in [0.1, 0.15) is 66.4 Å². The van der Waals surface area contributed by atoms with Crippen LogP contribution in [0, 0.1) is 17.3 Å². The Morgan fingerprint density at radius 1 is 1.02 bits per heavy atom. The Morgan fingerprint density at radius 2 is 1.69 bits per heavy atom. The molecule has 1 aliphatic heterocycles. The van der Waals surface area contributed by atoms with Gasteiger partial charge in [0.1, 0.15) is 5.60 Å². The summed E-state index contributed by atoms with van der Waals surface area (Å²) in [6.07, 6.45) is 0.119. The van der Waals surface area contributed by atoms with E-state index in [0.717, 1.165) is 16.3 Å². The monoisotopic (exact) mass is 578 g/mol. The van der Waals surface area contributed by atoms with Gasteiger partial charge < -0.3 is 14.4 Å². The van der Waals surface area contributed by atoms with E-state index in [4.69, 9.17) is 15.0 Å². The highest BCUT2D eigenvalue weighted by Crippen LogP contribution is 2.35. The number of likely N-dealkylation sites (tertiary alicyclic amines) is 1. The van der Waals surface area contributed by atoms with Gasteiger partial charge in [0.05, 0.1) is 37.5 Å². The molecule has 42 heavy (non-hydrogen) atoms. The van der Waals surface area contributed by atoms with Crippen LogP contribution in [0.25, 0.3) is 21.2 Å². The van der Waals surface area contributed by atoms with Gasteiger partial charge in [-0.2, -0.15) is 0 Å². The number of nitrogens with zero attached hydrogens (tertiary/aromatic N) is 4. The number of azide groups is 1. The summed E-state index contributed by atoms with van der Waals surface area (Å²) in [4.78, 5) is 57.7. The van der Waals surface area contributed by atoms with E-state index in [-0.39, 0.29) is 43.9 Å². The van der Waals surface area contributed by atoms with Crippen molar-refractivity contribution in [3.63, 3.8) is 0 Å². The molecule has 10 nitrogen and oxygen atoms in total. The Kier molecular flexibility index (Phi) is 10.4. The van der Waals surface area contributed by atoms with Crippen molar-refractivity contribution < 1.29 is 28.7 Å². The number of methoxy groups -OCH3 is 1. The molecule has 1 heterocycles. The highest BCUT2D eigenvalue weighted by atomic mass is 16.6. The first-order valence-electron chi connectivity index (χ1n) is 14.3. The van der Waals surface area contributed by atoms with Gasteiger partial charge >= 0.3 is 11.9 Å². The molecule has 0 radical (unpaired) electrons. The van der Waals surface area contributed by atoms with Gasteiger partial charge in [0.25, 0.3) is 0 Å². The van der Waals surface area contributed by atoms with E-state index in [9.17, 15) is 19.2 Å². The molecule has 4 atom stereocenters. The van der Waals surface area contributed by atoms with Crippen LogP contribution in [0.2, 0.25) is 0 Å². The molecule has 1 saturated heterocycles. The minimum atomic E-state index is -0.903. The highest BCUT2D eigenvalue weighted by Gasteiger charge is 2.45. The maximum atomic E-state index is 14.0. The molecule has 0 bridgehead atoms. The molecule has 2 aromatic rings. The maximum absolute atomic E-state index is 14.0. The van der Waals surface area contributed by atoms with Crippen molar-refractivity contribution in [1.82, 2.24) is 4.90 Å². The van der Waals surface area contributed by atoms with Gasteiger partial charge in [-0.3, -0.25) is 19.2 Å². The zero-order valence-corrected chi connectivity index (χ0v) is 25.6. The molecule has 1 aliphatic rings. The summed E-state index contributed by atoms with van der Waals surface area (Å²) in [6, 6.07) is 12.3. The molecular formula is C32H42N4O6. The Hall–Kier alpha value is -3.91. The third-order valence-electron chi connectivity index (χ3n) is 7.56. The average molecular weight is 579 g/mol. The molecule has 0 aliphatic carbocycles. The molecule has 0 N–H and O–H groups in total. The number of ketones is 1. The van der Waals surface area contributed by atoms with Gasteiger partial charge in [-0.25, -0.2) is 0 Å². The van der Waals surface area contributed by atoms with E-state index in [2.05, 4.69) is 10.0 Å². The number of amides is 1. The number of rotatable bonds is 10. The Bertz CT molecular complexity index is 1370. The van der Waals surface area contributed by atoms with Crippen molar-refractivity contribution >= 4 is 34.4 Å². The lowest BCUT2D eigenvalue weighted by atomic mass is 9.77. The van der Waals surface area contributed by atoms with Crippen LogP contribution in [0.3, 0.4) is 0 Å². The molecule has 1 amide bonds. The second-order valence-corrected chi connectivity index (χ2v) is 13.1. The van der Waals surface area contributed by atoms with Gasteiger partial charge in [-0.1, -0.05) is 68.4 Å². The van der Waals surface area contributed by atoms with E-state index in [1.165, 1.54) is 12.0 Å². The van der Waals surface area contributed by atoms with Gasteiger partial charge in [-0.15, -0.1) is 0 Å². The largest absolute Gasteiger partial charge is 0.469 e. The molecule has 0 aromatic heterocycles. The minimum Gasteiger partial charge on any atom is -0.469 e. The van der Waals surface area contributed by atoms with E-state index in [1.54, 1.807) is 20.8 Å². The molecule has 10 heteroatoms. The topological polar surface area (TPSA) is 139 Å². The summed E-state index contributed by atoms with van der Waals surface area (Å²) in [7, 11) is 1.29. The standard InChI is InChI=1S/C32H42N4O6/c1-31(2,3)25(18-28(38)42-32(4,5)6)29(39)36-19-24(34-35-33)17-26(36)27(37)16-23(30(40)41-7)15-20-12-13-21-10-8-9-11-22(21)14-20/h8-14,23-26H,15-19H2,1-7H3/t23-,24+,25-,26+/m1/s1. The number of hydrogen-bond donors (Lipinski definition) is 0. The molecule has 1 fully saturated rings. The lowest BCUT2D eigenvalue weighted by Gasteiger charge is -2.35. The number of carbonyl (C=O) groups is 4. The van der Waals surface area contributed by atoms with Crippen molar-refractivity contribution in [3.05, 3.63) is 58.5 Å². The second kappa shape index (κ2) is 13.4. The fraction of sp³-hybridized carbons (Fsp3) is 0.562. The number of esters is 2. The number of fused-ring (bicyclic) bond motifs is 1. The van der Waals surface area contributed by atoms with E-state index >= 15 is 0 Å². The molecule has 2 aromatic carbocycles. The lowest BCUT2D eigenvalue weighted by Crippen LogP contribution is -2.48. The van der Waals surface area contributed by atoms with E-state index in [1.807, 2.05) is 63.2 Å². The molecule has 0 saturated carbocycles. The predicted octanol–water partition coefficient (Wildman–Crippen LogP) is 5.80. The van der Waals surface area contributed by atoms with E-state index in [0.29, 0.717) is 0 Å². The number of carbonyl (C=O) groups excluding carboxylic acids is 4. The first kappa shape index (κ1) is 32.6. The summed E-state index contributed by atoms with van der Waals surface area (Å²) < 4.78 is 10.5.